The lowest BCUT2D eigenvalue weighted by atomic mass is 10.0. The standard InChI is InChI=1S/C25H48O4/c1-3-5-7-8-9-10-12-16-19-23(29-25(28)22-15-6-4-2)20-17-13-11-14-18-21-24(26)27/h23H,3-22H2,1-2H3,(H,26,27). The van der Waals surface area contributed by atoms with E-state index in [2.05, 4.69) is 13.8 Å². The minimum atomic E-state index is -0.703. The number of esters is 1. The van der Waals surface area contributed by atoms with Gasteiger partial charge in [0.25, 0.3) is 0 Å². The monoisotopic (exact) mass is 412 g/mol. The summed E-state index contributed by atoms with van der Waals surface area (Å²) in [6, 6.07) is 0. The van der Waals surface area contributed by atoms with Crippen LogP contribution in [-0.4, -0.2) is 23.1 Å². The summed E-state index contributed by atoms with van der Waals surface area (Å²) in [5, 5.41) is 8.68. The number of carboxylic acids is 1. The number of unbranched alkanes of at least 4 members (excludes halogenated alkanes) is 13. The van der Waals surface area contributed by atoms with Gasteiger partial charge >= 0.3 is 11.9 Å². The van der Waals surface area contributed by atoms with Gasteiger partial charge in [0, 0.05) is 12.8 Å². The van der Waals surface area contributed by atoms with Crippen molar-refractivity contribution in [3.8, 4) is 0 Å². The molecule has 0 fully saturated rings. The van der Waals surface area contributed by atoms with Gasteiger partial charge in [0.2, 0.25) is 0 Å². The zero-order valence-electron chi connectivity index (χ0n) is 19.4. The van der Waals surface area contributed by atoms with Crippen LogP contribution in [0.3, 0.4) is 0 Å². The lowest BCUT2D eigenvalue weighted by Crippen LogP contribution is -2.18. The van der Waals surface area contributed by atoms with Gasteiger partial charge in [0.1, 0.15) is 6.10 Å². The van der Waals surface area contributed by atoms with Crippen LogP contribution in [0.5, 0.6) is 0 Å². The van der Waals surface area contributed by atoms with Crippen LogP contribution in [0.2, 0.25) is 0 Å². The van der Waals surface area contributed by atoms with Crippen molar-refractivity contribution in [2.75, 3.05) is 0 Å². The average molecular weight is 413 g/mol. The third-order valence-corrected chi connectivity index (χ3v) is 5.58. The SMILES string of the molecule is CCCCCCCCCCC(CCCCCCCC(=O)O)OC(=O)CCCCC. The fourth-order valence-corrected chi connectivity index (χ4v) is 3.71. The van der Waals surface area contributed by atoms with Gasteiger partial charge in [0.15, 0.2) is 0 Å². The number of carbonyl (C=O) groups excluding carboxylic acids is 1. The highest BCUT2D eigenvalue weighted by atomic mass is 16.5. The molecule has 0 radical (unpaired) electrons. The highest BCUT2D eigenvalue weighted by Gasteiger charge is 2.14. The Kier molecular flexibility index (Phi) is 20.9. The first-order valence-corrected chi connectivity index (χ1v) is 12.5. The van der Waals surface area contributed by atoms with Crippen molar-refractivity contribution in [3.63, 3.8) is 0 Å². The maximum Gasteiger partial charge on any atom is 0.306 e. The molecule has 0 heterocycles. The third kappa shape index (κ3) is 21.5. The molecule has 0 aliphatic carbocycles. The van der Waals surface area contributed by atoms with E-state index in [0.29, 0.717) is 6.42 Å². The summed E-state index contributed by atoms with van der Waals surface area (Å²) in [5.41, 5.74) is 0. The molecular weight excluding hydrogens is 364 g/mol. The number of carbonyl (C=O) groups is 2. The van der Waals surface area contributed by atoms with Crippen LogP contribution in [0, 0.1) is 0 Å². The zero-order valence-corrected chi connectivity index (χ0v) is 19.4. The molecule has 1 atom stereocenters. The first kappa shape index (κ1) is 27.9. The maximum absolute atomic E-state index is 12.1. The summed E-state index contributed by atoms with van der Waals surface area (Å²) in [5.74, 6) is -0.727. The van der Waals surface area contributed by atoms with Crippen molar-refractivity contribution >= 4 is 11.9 Å². The smallest absolute Gasteiger partial charge is 0.306 e. The van der Waals surface area contributed by atoms with E-state index in [9.17, 15) is 9.59 Å². The summed E-state index contributed by atoms with van der Waals surface area (Å²) < 4.78 is 5.80. The number of rotatable bonds is 22. The largest absolute Gasteiger partial charge is 0.481 e. The number of ether oxygens (including phenoxy) is 1. The lowest BCUT2D eigenvalue weighted by Gasteiger charge is -2.18. The fraction of sp³-hybridized carbons (Fsp3) is 0.920. The molecule has 0 aromatic heterocycles. The highest BCUT2D eigenvalue weighted by Crippen LogP contribution is 2.18. The molecule has 0 amide bonds. The third-order valence-electron chi connectivity index (χ3n) is 5.58. The van der Waals surface area contributed by atoms with Crippen molar-refractivity contribution in [3.05, 3.63) is 0 Å². The van der Waals surface area contributed by atoms with E-state index < -0.39 is 5.97 Å². The predicted octanol–water partition coefficient (Wildman–Crippen LogP) is 7.82. The van der Waals surface area contributed by atoms with Crippen molar-refractivity contribution in [2.45, 2.75) is 148 Å². The van der Waals surface area contributed by atoms with Crippen LogP contribution >= 0.6 is 0 Å². The van der Waals surface area contributed by atoms with Crippen molar-refractivity contribution in [2.24, 2.45) is 0 Å². The minimum Gasteiger partial charge on any atom is -0.481 e. The molecular formula is C25H48O4. The molecule has 172 valence electrons. The Bertz CT molecular complexity index is 381. The van der Waals surface area contributed by atoms with E-state index in [1.54, 1.807) is 0 Å². The minimum absolute atomic E-state index is 0.0236. The molecule has 29 heavy (non-hydrogen) atoms. The van der Waals surface area contributed by atoms with Crippen LogP contribution in [0.4, 0.5) is 0 Å². The van der Waals surface area contributed by atoms with Gasteiger partial charge in [-0.1, -0.05) is 90.9 Å². The Morgan fingerprint density at radius 2 is 1.03 bits per heavy atom. The van der Waals surface area contributed by atoms with Crippen LogP contribution in [0.25, 0.3) is 0 Å². The number of hydrogen-bond acceptors (Lipinski definition) is 3. The van der Waals surface area contributed by atoms with Gasteiger partial charge in [-0.3, -0.25) is 9.59 Å². The first-order chi connectivity index (χ1) is 14.1. The Labute approximate surface area is 180 Å². The molecule has 0 bridgehead atoms. The first-order valence-electron chi connectivity index (χ1n) is 12.5. The van der Waals surface area contributed by atoms with Gasteiger partial charge in [0.05, 0.1) is 0 Å². The molecule has 0 aromatic rings. The van der Waals surface area contributed by atoms with Crippen LogP contribution in [0.15, 0.2) is 0 Å². The van der Waals surface area contributed by atoms with Crippen LogP contribution < -0.4 is 0 Å². The van der Waals surface area contributed by atoms with E-state index in [1.165, 1.54) is 44.9 Å². The molecule has 0 spiro atoms. The second-order valence-electron chi connectivity index (χ2n) is 8.53. The van der Waals surface area contributed by atoms with Gasteiger partial charge in [-0.25, -0.2) is 0 Å². The molecule has 0 aliphatic heterocycles. The number of aliphatic carboxylic acids is 1. The van der Waals surface area contributed by atoms with E-state index >= 15 is 0 Å². The maximum atomic E-state index is 12.1. The molecule has 0 saturated heterocycles. The summed E-state index contributed by atoms with van der Waals surface area (Å²) in [7, 11) is 0. The molecule has 0 aromatic carbocycles. The van der Waals surface area contributed by atoms with Crippen molar-refractivity contribution < 1.29 is 19.4 Å². The van der Waals surface area contributed by atoms with Crippen LogP contribution in [-0.2, 0) is 14.3 Å². The summed E-state index contributed by atoms with van der Waals surface area (Å²) in [4.78, 5) is 22.7. The van der Waals surface area contributed by atoms with Crippen molar-refractivity contribution in [1.29, 1.82) is 0 Å². The molecule has 0 rings (SSSR count). The second-order valence-corrected chi connectivity index (χ2v) is 8.53. The molecule has 0 saturated carbocycles. The normalized spacial score (nSPS) is 12.1. The predicted molar refractivity (Wildman–Crippen MR) is 121 cm³/mol. The van der Waals surface area contributed by atoms with Gasteiger partial charge in [-0.2, -0.15) is 0 Å². The Hall–Kier alpha value is -1.06. The van der Waals surface area contributed by atoms with Gasteiger partial charge < -0.3 is 9.84 Å². The summed E-state index contributed by atoms with van der Waals surface area (Å²) in [6.45, 7) is 4.40. The molecule has 0 aliphatic rings. The summed E-state index contributed by atoms with van der Waals surface area (Å²) in [6.07, 6.45) is 21.4. The van der Waals surface area contributed by atoms with Gasteiger partial charge in [-0.15, -0.1) is 0 Å². The Morgan fingerprint density at radius 1 is 0.621 bits per heavy atom. The molecule has 1 unspecified atom stereocenters. The van der Waals surface area contributed by atoms with Crippen molar-refractivity contribution in [1.82, 2.24) is 0 Å². The second kappa shape index (κ2) is 21.6. The summed E-state index contributed by atoms with van der Waals surface area (Å²) >= 11 is 0. The fourth-order valence-electron chi connectivity index (χ4n) is 3.71. The quantitative estimate of drug-likeness (QED) is 0.145. The molecule has 4 nitrogen and oxygen atoms in total. The molecule has 1 N–H and O–H groups in total. The van der Waals surface area contributed by atoms with E-state index in [4.69, 9.17) is 9.84 Å². The average Bonchev–Trinajstić information content (AvgIpc) is 2.69. The topological polar surface area (TPSA) is 63.6 Å². The van der Waals surface area contributed by atoms with Crippen LogP contribution in [0.1, 0.15) is 142 Å². The van der Waals surface area contributed by atoms with E-state index in [-0.39, 0.29) is 18.5 Å². The molecule has 4 heteroatoms. The van der Waals surface area contributed by atoms with E-state index in [1.807, 2.05) is 0 Å². The zero-order chi connectivity index (χ0) is 21.6. The van der Waals surface area contributed by atoms with E-state index in [0.717, 1.165) is 70.6 Å². The lowest BCUT2D eigenvalue weighted by molar-refractivity contribution is -0.150. The Balaban J connectivity index is 3.99. The number of carboxylic acid groups (broad SMARTS) is 1. The highest BCUT2D eigenvalue weighted by molar-refractivity contribution is 5.69. The number of hydrogen-bond donors (Lipinski definition) is 1. The van der Waals surface area contributed by atoms with Gasteiger partial charge in [-0.05, 0) is 38.5 Å². The Morgan fingerprint density at radius 3 is 1.55 bits per heavy atom.